The van der Waals surface area contributed by atoms with Crippen LogP contribution in [0.4, 0.5) is 4.79 Å². The molecule has 10 heteroatoms. The number of fused-ring (bicyclic) bond motifs is 3. The monoisotopic (exact) mass is 394 g/mol. The summed E-state index contributed by atoms with van der Waals surface area (Å²) in [5.74, 6) is 0.649. The van der Waals surface area contributed by atoms with Crippen LogP contribution in [-0.2, 0) is 6.54 Å². The number of nitrogens with one attached hydrogen (secondary N) is 1. The molecule has 2 heterocycles. The minimum absolute atomic E-state index is 0.149. The first-order chi connectivity index (χ1) is 11.5. The Morgan fingerprint density at radius 3 is 3.21 bits per heavy atom. The fourth-order valence-corrected chi connectivity index (χ4v) is 3.38. The summed E-state index contributed by atoms with van der Waals surface area (Å²) in [6, 6.07) is 2.96. The summed E-state index contributed by atoms with van der Waals surface area (Å²) in [6.45, 7) is 2.50. The minimum Gasteiger partial charge on any atom is -0.492 e. The second-order valence-electron chi connectivity index (χ2n) is 5.57. The van der Waals surface area contributed by atoms with Gasteiger partial charge in [-0.2, -0.15) is 5.10 Å². The number of alkyl halides is 1. The molecule has 1 aromatic carbocycles. The van der Waals surface area contributed by atoms with Crippen molar-refractivity contribution in [2.24, 2.45) is 5.11 Å². The molecule has 2 N–H and O–H groups in total. The average Bonchev–Trinajstić information content (AvgIpc) is 2.92. The van der Waals surface area contributed by atoms with Crippen molar-refractivity contribution in [1.82, 2.24) is 15.1 Å². The standard InChI is InChI=1S/C14H15BrN6O3/c1-7(18-14(22)23)5-21-13-8(4-17-21)2-3-10-11(13)12(19-20-16)9(15)6-24-10/h2-4,7,9,12,18H,5-6H2,1H3,(H,22,23). The second-order valence-corrected chi connectivity index (χ2v) is 6.75. The van der Waals surface area contributed by atoms with Crippen molar-refractivity contribution in [1.29, 1.82) is 0 Å². The molecule has 1 aliphatic heterocycles. The van der Waals surface area contributed by atoms with Crippen LogP contribution in [0.3, 0.4) is 0 Å². The Hall–Kier alpha value is -2.45. The Kier molecular flexibility index (Phi) is 4.50. The molecular weight excluding hydrogens is 380 g/mol. The number of carboxylic acid groups (broad SMARTS) is 1. The predicted octanol–water partition coefficient (Wildman–Crippen LogP) is 3.20. The van der Waals surface area contributed by atoms with Gasteiger partial charge in [0.15, 0.2) is 0 Å². The minimum atomic E-state index is -1.09. The summed E-state index contributed by atoms with van der Waals surface area (Å²) >= 11 is 3.50. The lowest BCUT2D eigenvalue weighted by atomic mass is 9.98. The van der Waals surface area contributed by atoms with E-state index in [9.17, 15) is 4.79 Å². The molecule has 3 rings (SSSR count). The second kappa shape index (κ2) is 6.58. The number of aromatic nitrogens is 2. The van der Waals surface area contributed by atoms with E-state index in [0.29, 0.717) is 18.9 Å². The van der Waals surface area contributed by atoms with Crippen LogP contribution in [0.15, 0.2) is 23.4 Å². The van der Waals surface area contributed by atoms with E-state index in [1.165, 1.54) is 0 Å². The van der Waals surface area contributed by atoms with Crippen LogP contribution in [0.25, 0.3) is 21.3 Å². The third-order valence-corrected chi connectivity index (χ3v) is 4.60. The lowest BCUT2D eigenvalue weighted by Crippen LogP contribution is -2.35. The number of rotatable bonds is 4. The van der Waals surface area contributed by atoms with E-state index in [4.69, 9.17) is 15.4 Å². The molecule has 126 valence electrons. The van der Waals surface area contributed by atoms with Gasteiger partial charge in [-0.3, -0.25) is 4.68 Å². The number of ether oxygens (including phenoxy) is 1. The average molecular weight is 395 g/mol. The molecule has 1 aromatic heterocycles. The Bertz CT molecular complexity index is 831. The van der Waals surface area contributed by atoms with Gasteiger partial charge >= 0.3 is 6.09 Å². The zero-order valence-electron chi connectivity index (χ0n) is 12.8. The van der Waals surface area contributed by atoms with Crippen LogP contribution in [0, 0.1) is 0 Å². The Labute approximate surface area is 145 Å². The van der Waals surface area contributed by atoms with E-state index in [1.807, 2.05) is 12.1 Å². The van der Waals surface area contributed by atoms with Gasteiger partial charge in [-0.15, -0.1) is 0 Å². The summed E-state index contributed by atoms with van der Waals surface area (Å²) < 4.78 is 7.44. The van der Waals surface area contributed by atoms with E-state index in [1.54, 1.807) is 17.8 Å². The molecule has 0 aliphatic carbocycles. The maximum absolute atomic E-state index is 10.8. The number of benzene rings is 1. The number of halogens is 1. The summed E-state index contributed by atoms with van der Waals surface area (Å²) in [6.07, 6.45) is 0.616. The van der Waals surface area contributed by atoms with Crippen molar-refractivity contribution < 1.29 is 14.6 Å². The molecular formula is C14H15BrN6O3. The van der Waals surface area contributed by atoms with E-state index >= 15 is 0 Å². The molecule has 3 unspecified atom stereocenters. The molecule has 1 aliphatic rings. The Balaban J connectivity index is 2.10. The van der Waals surface area contributed by atoms with E-state index in [-0.39, 0.29) is 10.9 Å². The van der Waals surface area contributed by atoms with Crippen LogP contribution in [0.1, 0.15) is 18.5 Å². The molecule has 9 nitrogen and oxygen atoms in total. The maximum Gasteiger partial charge on any atom is 0.404 e. The molecule has 0 radical (unpaired) electrons. The number of hydrogen-bond acceptors (Lipinski definition) is 4. The Morgan fingerprint density at radius 2 is 2.50 bits per heavy atom. The third-order valence-electron chi connectivity index (χ3n) is 3.83. The molecule has 0 spiro atoms. The number of carbonyl (C=O) groups is 1. The number of hydrogen-bond donors (Lipinski definition) is 2. The van der Waals surface area contributed by atoms with Crippen LogP contribution in [0.5, 0.6) is 5.75 Å². The fraction of sp³-hybridized carbons (Fsp3) is 0.429. The van der Waals surface area contributed by atoms with Crippen molar-refractivity contribution in [3.05, 3.63) is 34.3 Å². The zero-order chi connectivity index (χ0) is 17.3. The lowest BCUT2D eigenvalue weighted by molar-refractivity contribution is 0.189. The van der Waals surface area contributed by atoms with Gasteiger partial charge in [0, 0.05) is 21.9 Å². The van der Waals surface area contributed by atoms with Gasteiger partial charge in [0.1, 0.15) is 12.4 Å². The van der Waals surface area contributed by atoms with Gasteiger partial charge in [-0.1, -0.05) is 21.0 Å². The maximum atomic E-state index is 10.8. The number of nitrogens with zero attached hydrogens (tertiary/aromatic N) is 5. The van der Waals surface area contributed by atoms with Crippen molar-refractivity contribution >= 4 is 32.9 Å². The zero-order valence-corrected chi connectivity index (χ0v) is 14.3. The summed E-state index contributed by atoms with van der Waals surface area (Å²) in [7, 11) is 0. The SMILES string of the molecule is CC(Cn1ncc2ccc3c(c21)C(N=[N+]=[N-])C(Br)CO3)NC(=O)O. The number of amides is 1. The van der Waals surface area contributed by atoms with E-state index < -0.39 is 12.1 Å². The van der Waals surface area contributed by atoms with Crippen molar-refractivity contribution in [2.75, 3.05) is 6.61 Å². The number of azide groups is 1. The van der Waals surface area contributed by atoms with Crippen LogP contribution in [0.2, 0.25) is 0 Å². The highest BCUT2D eigenvalue weighted by Gasteiger charge is 2.32. The van der Waals surface area contributed by atoms with Crippen molar-refractivity contribution in [2.45, 2.75) is 30.4 Å². The predicted molar refractivity (Wildman–Crippen MR) is 90.5 cm³/mol. The van der Waals surface area contributed by atoms with Crippen LogP contribution >= 0.6 is 15.9 Å². The highest BCUT2D eigenvalue weighted by molar-refractivity contribution is 9.09. The molecule has 24 heavy (non-hydrogen) atoms. The largest absolute Gasteiger partial charge is 0.492 e. The van der Waals surface area contributed by atoms with Gasteiger partial charge in [0.05, 0.1) is 29.1 Å². The smallest absolute Gasteiger partial charge is 0.404 e. The van der Waals surface area contributed by atoms with Gasteiger partial charge in [-0.25, -0.2) is 4.79 Å². The molecule has 2 aromatic rings. The molecule has 3 atom stereocenters. The van der Waals surface area contributed by atoms with Crippen molar-refractivity contribution in [3.63, 3.8) is 0 Å². The normalized spacial score (nSPS) is 20.6. The molecule has 0 saturated carbocycles. The highest BCUT2D eigenvalue weighted by Crippen LogP contribution is 2.42. The fourth-order valence-electron chi connectivity index (χ4n) is 2.88. The van der Waals surface area contributed by atoms with E-state index in [2.05, 4.69) is 36.4 Å². The van der Waals surface area contributed by atoms with Gasteiger partial charge < -0.3 is 15.2 Å². The first-order valence-electron chi connectivity index (χ1n) is 7.30. The molecule has 0 fully saturated rings. The lowest BCUT2D eigenvalue weighted by Gasteiger charge is -2.28. The third kappa shape index (κ3) is 2.98. The topological polar surface area (TPSA) is 125 Å². The van der Waals surface area contributed by atoms with Gasteiger partial charge in [0.2, 0.25) is 0 Å². The van der Waals surface area contributed by atoms with Crippen molar-refractivity contribution in [3.8, 4) is 5.75 Å². The first kappa shape index (κ1) is 16.4. The van der Waals surface area contributed by atoms with Crippen LogP contribution < -0.4 is 10.1 Å². The molecule has 0 bridgehead atoms. The van der Waals surface area contributed by atoms with Gasteiger partial charge in [-0.05, 0) is 24.6 Å². The first-order valence-corrected chi connectivity index (χ1v) is 8.21. The highest BCUT2D eigenvalue weighted by atomic mass is 79.9. The molecule has 1 amide bonds. The van der Waals surface area contributed by atoms with E-state index in [0.717, 1.165) is 16.5 Å². The Morgan fingerprint density at radius 1 is 1.71 bits per heavy atom. The van der Waals surface area contributed by atoms with Crippen LogP contribution in [-0.4, -0.2) is 38.5 Å². The summed E-state index contributed by atoms with van der Waals surface area (Å²) in [5.41, 5.74) is 10.4. The summed E-state index contributed by atoms with van der Waals surface area (Å²) in [5, 5.41) is 20.4. The van der Waals surface area contributed by atoms with Gasteiger partial charge in [0.25, 0.3) is 0 Å². The quantitative estimate of drug-likeness (QED) is 0.357. The summed E-state index contributed by atoms with van der Waals surface area (Å²) in [4.78, 5) is 13.6. The molecule has 0 saturated heterocycles.